The van der Waals surface area contributed by atoms with Gasteiger partial charge in [-0.25, -0.2) is 9.97 Å². The van der Waals surface area contributed by atoms with Gasteiger partial charge in [-0.15, -0.1) is 11.3 Å². The fraction of sp³-hybridized carbons (Fsp3) is 0.150. The number of nitrogen functional groups attached to an aromatic ring is 1. The molecule has 0 saturated heterocycles. The van der Waals surface area contributed by atoms with Crippen LogP contribution in [0.1, 0.15) is 22.2 Å². The highest BCUT2D eigenvalue weighted by atomic mass is 32.1. The van der Waals surface area contributed by atoms with Crippen molar-refractivity contribution in [1.82, 2.24) is 15.0 Å². The van der Waals surface area contributed by atoms with Crippen molar-refractivity contribution in [3.8, 4) is 17.1 Å². The Bertz CT molecular complexity index is 1130. The van der Waals surface area contributed by atoms with Gasteiger partial charge in [0, 0.05) is 16.6 Å². The van der Waals surface area contributed by atoms with Gasteiger partial charge in [-0.2, -0.15) is 0 Å². The second kappa shape index (κ2) is 6.94. The topological polar surface area (TPSA) is 94.2 Å². The first-order chi connectivity index (χ1) is 13.1. The van der Waals surface area contributed by atoms with Crippen molar-refractivity contribution in [1.29, 1.82) is 0 Å². The van der Waals surface area contributed by atoms with Gasteiger partial charge >= 0.3 is 0 Å². The Kier molecular flexibility index (Phi) is 4.47. The molecule has 0 saturated carbocycles. The molecule has 0 fully saturated rings. The lowest BCUT2D eigenvalue weighted by atomic mass is 10.1. The number of nitrogens with two attached hydrogens (primary N) is 1. The Morgan fingerprint density at radius 1 is 1.15 bits per heavy atom. The second-order valence-electron chi connectivity index (χ2n) is 6.16. The fourth-order valence-corrected chi connectivity index (χ4v) is 3.95. The van der Waals surface area contributed by atoms with E-state index in [1.165, 1.54) is 11.3 Å². The number of hydrogen-bond acceptors (Lipinski definition) is 7. The van der Waals surface area contributed by atoms with E-state index in [4.69, 9.17) is 10.5 Å². The number of ether oxygens (including phenoxy) is 1. The molecule has 7 heteroatoms. The summed E-state index contributed by atoms with van der Waals surface area (Å²) < 4.78 is 5.30. The van der Waals surface area contributed by atoms with E-state index in [9.17, 15) is 5.11 Å². The average molecular weight is 378 g/mol. The van der Waals surface area contributed by atoms with Gasteiger partial charge in [0.15, 0.2) is 5.82 Å². The number of nitrogens with zero attached hydrogens (tertiary/aromatic N) is 3. The highest BCUT2D eigenvalue weighted by Crippen LogP contribution is 2.37. The van der Waals surface area contributed by atoms with Crippen LogP contribution in [0.4, 0.5) is 5.82 Å². The van der Waals surface area contributed by atoms with Crippen molar-refractivity contribution in [2.24, 2.45) is 0 Å². The molecule has 1 atom stereocenters. The summed E-state index contributed by atoms with van der Waals surface area (Å²) in [6.45, 7) is 2.02. The maximum Gasteiger partial charge on any atom is 0.163 e. The summed E-state index contributed by atoms with van der Waals surface area (Å²) in [5, 5.41) is 11.5. The number of aryl methyl sites for hydroxylation is 1. The monoisotopic (exact) mass is 378 g/mol. The fourth-order valence-electron chi connectivity index (χ4n) is 2.93. The molecule has 0 aliphatic carbocycles. The molecule has 1 unspecified atom stereocenters. The number of thiophene rings is 1. The predicted molar refractivity (Wildman–Crippen MR) is 107 cm³/mol. The first-order valence-corrected chi connectivity index (χ1v) is 9.19. The minimum absolute atomic E-state index is 0.388. The molecule has 0 spiro atoms. The van der Waals surface area contributed by atoms with Crippen molar-refractivity contribution < 1.29 is 9.84 Å². The van der Waals surface area contributed by atoms with Crippen LogP contribution in [0.25, 0.3) is 21.6 Å². The predicted octanol–water partition coefficient (Wildman–Crippen LogP) is 3.73. The third-order valence-corrected chi connectivity index (χ3v) is 5.35. The third-order valence-electron chi connectivity index (χ3n) is 4.27. The zero-order chi connectivity index (χ0) is 19.0. The molecular weight excluding hydrogens is 360 g/mol. The number of methoxy groups -OCH3 is 1. The van der Waals surface area contributed by atoms with Crippen LogP contribution in [-0.2, 0) is 0 Å². The summed E-state index contributed by atoms with van der Waals surface area (Å²) >= 11 is 1.37. The maximum absolute atomic E-state index is 10.8. The molecule has 3 N–H and O–H groups in total. The van der Waals surface area contributed by atoms with E-state index < -0.39 is 6.10 Å². The van der Waals surface area contributed by atoms with Crippen LogP contribution in [0.5, 0.6) is 5.75 Å². The lowest BCUT2D eigenvalue weighted by Crippen LogP contribution is -2.03. The molecule has 0 aliphatic rings. The van der Waals surface area contributed by atoms with Crippen LogP contribution in [0.3, 0.4) is 0 Å². The van der Waals surface area contributed by atoms with Gasteiger partial charge < -0.3 is 15.6 Å². The number of aliphatic hydroxyl groups excluding tert-OH is 1. The minimum Gasteiger partial charge on any atom is -0.495 e. The number of hydrogen-bond donors (Lipinski definition) is 2. The summed E-state index contributed by atoms with van der Waals surface area (Å²) in [5.74, 6) is 1.49. The first-order valence-electron chi connectivity index (χ1n) is 8.38. The van der Waals surface area contributed by atoms with E-state index in [1.54, 1.807) is 25.4 Å². The van der Waals surface area contributed by atoms with E-state index in [1.807, 2.05) is 37.3 Å². The van der Waals surface area contributed by atoms with Crippen molar-refractivity contribution in [2.75, 3.05) is 12.8 Å². The largest absolute Gasteiger partial charge is 0.495 e. The van der Waals surface area contributed by atoms with Gasteiger partial charge in [0.25, 0.3) is 0 Å². The third kappa shape index (κ3) is 3.22. The highest BCUT2D eigenvalue weighted by molar-refractivity contribution is 7.18. The van der Waals surface area contributed by atoms with Crippen molar-refractivity contribution in [2.45, 2.75) is 13.0 Å². The van der Waals surface area contributed by atoms with Crippen molar-refractivity contribution in [3.63, 3.8) is 0 Å². The Labute approximate surface area is 160 Å². The van der Waals surface area contributed by atoms with Crippen LogP contribution in [-0.4, -0.2) is 27.2 Å². The summed E-state index contributed by atoms with van der Waals surface area (Å²) in [6, 6.07) is 13.3. The first kappa shape index (κ1) is 17.4. The van der Waals surface area contributed by atoms with Crippen molar-refractivity contribution in [3.05, 3.63) is 64.8 Å². The van der Waals surface area contributed by atoms with E-state index >= 15 is 0 Å². The maximum atomic E-state index is 10.8. The minimum atomic E-state index is -0.929. The Hall–Kier alpha value is -3.03. The standard InChI is InChI=1S/C20H18N4O2S/c1-11-5-3-6-12(9-11)19-23-18(21)13-10-15(27-20(13)24-19)17(25)16-14(26-2)7-4-8-22-16/h3-10,17,25H,1-2H3,(H2,21,23,24). The van der Waals surface area contributed by atoms with Crippen molar-refractivity contribution >= 4 is 27.4 Å². The number of aliphatic hydroxyl groups is 1. The molecular formula is C20H18N4O2S. The molecule has 0 bridgehead atoms. The molecule has 4 rings (SSSR count). The number of rotatable bonds is 4. The van der Waals surface area contributed by atoms with Crippen LogP contribution in [0, 0.1) is 6.92 Å². The van der Waals surface area contributed by atoms with Gasteiger partial charge in [-0.1, -0.05) is 23.8 Å². The zero-order valence-corrected chi connectivity index (χ0v) is 15.7. The van der Waals surface area contributed by atoms with Gasteiger partial charge in [0.05, 0.1) is 12.5 Å². The molecule has 3 heterocycles. The normalized spacial score (nSPS) is 12.3. The van der Waals surface area contributed by atoms with Crippen LogP contribution in [0.15, 0.2) is 48.7 Å². The molecule has 0 amide bonds. The molecule has 27 heavy (non-hydrogen) atoms. The zero-order valence-electron chi connectivity index (χ0n) is 14.9. The second-order valence-corrected chi connectivity index (χ2v) is 7.23. The van der Waals surface area contributed by atoms with Gasteiger partial charge in [-0.3, -0.25) is 4.98 Å². The molecule has 136 valence electrons. The van der Waals surface area contributed by atoms with Crippen LogP contribution < -0.4 is 10.5 Å². The van der Waals surface area contributed by atoms with E-state index in [-0.39, 0.29) is 0 Å². The van der Waals surface area contributed by atoms with E-state index in [2.05, 4.69) is 15.0 Å². The Morgan fingerprint density at radius 2 is 2.00 bits per heavy atom. The van der Waals surface area contributed by atoms with Gasteiger partial charge in [-0.05, 0) is 31.2 Å². The number of pyridine rings is 1. The molecule has 0 radical (unpaired) electrons. The number of aromatic nitrogens is 3. The molecule has 6 nitrogen and oxygen atoms in total. The molecule has 4 aromatic rings. The van der Waals surface area contributed by atoms with Gasteiger partial charge in [0.1, 0.15) is 28.2 Å². The average Bonchev–Trinajstić information content (AvgIpc) is 3.12. The van der Waals surface area contributed by atoms with Crippen LogP contribution >= 0.6 is 11.3 Å². The number of fused-ring (bicyclic) bond motifs is 1. The Morgan fingerprint density at radius 3 is 2.78 bits per heavy atom. The molecule has 1 aromatic carbocycles. The SMILES string of the molecule is COc1cccnc1C(O)c1cc2c(N)nc(-c3cccc(C)c3)nc2s1. The van der Waals surface area contributed by atoms with Gasteiger partial charge in [0.2, 0.25) is 0 Å². The van der Waals surface area contributed by atoms with E-state index in [0.29, 0.717) is 28.0 Å². The summed E-state index contributed by atoms with van der Waals surface area (Å²) in [5.41, 5.74) is 8.66. The molecule has 3 aromatic heterocycles. The highest BCUT2D eigenvalue weighted by Gasteiger charge is 2.21. The summed E-state index contributed by atoms with van der Waals surface area (Å²) in [7, 11) is 1.55. The summed E-state index contributed by atoms with van der Waals surface area (Å²) in [4.78, 5) is 14.8. The molecule has 0 aliphatic heterocycles. The smallest absolute Gasteiger partial charge is 0.163 e. The quantitative estimate of drug-likeness (QED) is 0.562. The lowest BCUT2D eigenvalue weighted by molar-refractivity contribution is 0.213. The summed E-state index contributed by atoms with van der Waals surface area (Å²) in [6.07, 6.45) is 0.695. The van der Waals surface area contributed by atoms with Crippen LogP contribution in [0.2, 0.25) is 0 Å². The lowest BCUT2D eigenvalue weighted by Gasteiger charge is -2.11. The number of anilines is 1. The van der Waals surface area contributed by atoms with E-state index in [0.717, 1.165) is 21.3 Å². The number of benzene rings is 1. The Balaban J connectivity index is 1.79.